The Morgan fingerprint density at radius 3 is 2.11 bits per heavy atom. The Morgan fingerprint density at radius 1 is 1.16 bits per heavy atom. The molecule has 0 unspecified atom stereocenters. The Morgan fingerprint density at radius 2 is 1.68 bits per heavy atom. The SMILES string of the molecule is CCCC(=O)c1ccc(S(=O)(=O)NC(C)(C)C)cc1. The third kappa shape index (κ3) is 4.76. The van der Waals surface area contributed by atoms with Gasteiger partial charge in [0.15, 0.2) is 5.78 Å². The summed E-state index contributed by atoms with van der Waals surface area (Å²) >= 11 is 0. The second kappa shape index (κ2) is 5.84. The molecule has 0 fully saturated rings. The highest BCUT2D eigenvalue weighted by Crippen LogP contribution is 2.15. The van der Waals surface area contributed by atoms with Crippen molar-refractivity contribution in [1.82, 2.24) is 4.72 Å². The van der Waals surface area contributed by atoms with E-state index in [-0.39, 0.29) is 10.7 Å². The molecule has 0 atom stereocenters. The molecule has 1 aromatic carbocycles. The Hall–Kier alpha value is -1.20. The summed E-state index contributed by atoms with van der Waals surface area (Å²) in [7, 11) is -3.53. The number of benzene rings is 1. The zero-order chi connectivity index (χ0) is 14.7. The van der Waals surface area contributed by atoms with Crippen molar-refractivity contribution in [1.29, 1.82) is 0 Å². The lowest BCUT2D eigenvalue weighted by molar-refractivity contribution is 0.0981. The molecule has 0 aliphatic carbocycles. The maximum atomic E-state index is 12.1. The van der Waals surface area contributed by atoms with Gasteiger partial charge in [0.25, 0.3) is 0 Å². The van der Waals surface area contributed by atoms with Crippen LogP contribution in [0, 0.1) is 0 Å². The Balaban J connectivity index is 2.96. The fourth-order valence-corrected chi connectivity index (χ4v) is 3.07. The maximum absolute atomic E-state index is 12.1. The summed E-state index contributed by atoms with van der Waals surface area (Å²) in [6.45, 7) is 7.28. The molecule has 0 aliphatic heterocycles. The predicted molar refractivity (Wildman–Crippen MR) is 75.8 cm³/mol. The van der Waals surface area contributed by atoms with Gasteiger partial charge in [-0.15, -0.1) is 0 Å². The predicted octanol–water partition coefficient (Wildman–Crippen LogP) is 2.75. The highest BCUT2D eigenvalue weighted by molar-refractivity contribution is 7.89. The summed E-state index contributed by atoms with van der Waals surface area (Å²) in [5, 5.41) is 0. The minimum atomic E-state index is -3.53. The number of hydrogen-bond donors (Lipinski definition) is 1. The molecule has 0 aromatic heterocycles. The number of rotatable bonds is 5. The van der Waals surface area contributed by atoms with Crippen molar-refractivity contribution >= 4 is 15.8 Å². The zero-order valence-corrected chi connectivity index (χ0v) is 12.7. The molecule has 5 heteroatoms. The molecule has 0 saturated heterocycles. The topological polar surface area (TPSA) is 63.2 Å². The fraction of sp³-hybridized carbons (Fsp3) is 0.500. The largest absolute Gasteiger partial charge is 0.294 e. The maximum Gasteiger partial charge on any atom is 0.241 e. The second-order valence-electron chi connectivity index (χ2n) is 5.55. The Kier molecular flexibility index (Phi) is 4.87. The fourth-order valence-electron chi connectivity index (χ4n) is 1.65. The molecule has 0 aliphatic rings. The third-order valence-corrected chi connectivity index (χ3v) is 4.18. The molecule has 19 heavy (non-hydrogen) atoms. The van der Waals surface area contributed by atoms with Crippen LogP contribution in [0.1, 0.15) is 50.9 Å². The minimum Gasteiger partial charge on any atom is -0.294 e. The number of sulfonamides is 1. The van der Waals surface area contributed by atoms with Crippen molar-refractivity contribution in [2.75, 3.05) is 0 Å². The van der Waals surface area contributed by atoms with E-state index in [1.165, 1.54) is 12.1 Å². The minimum absolute atomic E-state index is 0.0372. The average Bonchev–Trinajstić information content (AvgIpc) is 2.26. The second-order valence-corrected chi connectivity index (χ2v) is 7.24. The summed E-state index contributed by atoms with van der Waals surface area (Å²) in [6.07, 6.45) is 1.26. The van der Waals surface area contributed by atoms with Gasteiger partial charge in [-0.25, -0.2) is 13.1 Å². The summed E-state index contributed by atoms with van der Waals surface area (Å²) in [6, 6.07) is 6.07. The summed E-state index contributed by atoms with van der Waals surface area (Å²) in [5.74, 6) is 0.0372. The van der Waals surface area contributed by atoms with Crippen LogP contribution in [0.3, 0.4) is 0 Å². The van der Waals surface area contributed by atoms with Gasteiger partial charge in [-0.3, -0.25) is 4.79 Å². The van der Waals surface area contributed by atoms with Gasteiger partial charge >= 0.3 is 0 Å². The van der Waals surface area contributed by atoms with Crippen LogP contribution in [0.15, 0.2) is 29.2 Å². The number of Topliss-reactive ketones (excluding diaryl/α,β-unsaturated/α-hetero) is 1. The van der Waals surface area contributed by atoms with Gasteiger partial charge in [0.2, 0.25) is 10.0 Å². The molecular weight excluding hydrogens is 262 g/mol. The van der Waals surface area contributed by atoms with Crippen molar-refractivity contribution < 1.29 is 13.2 Å². The molecule has 0 saturated carbocycles. The summed E-state index contributed by atoms with van der Waals surface area (Å²) < 4.78 is 26.7. The van der Waals surface area contributed by atoms with Crippen molar-refractivity contribution in [2.24, 2.45) is 0 Å². The number of hydrogen-bond acceptors (Lipinski definition) is 3. The van der Waals surface area contributed by atoms with Crippen LogP contribution >= 0.6 is 0 Å². The first-order valence-electron chi connectivity index (χ1n) is 6.33. The molecule has 0 spiro atoms. The molecule has 1 aromatic rings. The van der Waals surface area contributed by atoms with E-state index in [9.17, 15) is 13.2 Å². The van der Waals surface area contributed by atoms with Gasteiger partial charge < -0.3 is 0 Å². The lowest BCUT2D eigenvalue weighted by atomic mass is 10.1. The highest BCUT2D eigenvalue weighted by Gasteiger charge is 2.21. The third-order valence-electron chi connectivity index (χ3n) is 2.40. The van der Waals surface area contributed by atoms with Crippen molar-refractivity contribution in [3.63, 3.8) is 0 Å². The van der Waals surface area contributed by atoms with E-state index >= 15 is 0 Å². The lowest BCUT2D eigenvalue weighted by Crippen LogP contribution is -2.40. The van der Waals surface area contributed by atoms with Crippen LogP contribution < -0.4 is 4.72 Å². The molecule has 0 bridgehead atoms. The summed E-state index contributed by atoms with van der Waals surface area (Å²) in [5.41, 5.74) is 0.0202. The molecule has 0 radical (unpaired) electrons. The molecule has 4 nitrogen and oxygen atoms in total. The normalized spacial score (nSPS) is 12.4. The highest BCUT2D eigenvalue weighted by atomic mass is 32.2. The van der Waals surface area contributed by atoms with E-state index in [2.05, 4.69) is 4.72 Å². The first-order chi connectivity index (χ1) is 8.65. The first kappa shape index (κ1) is 15.9. The lowest BCUT2D eigenvalue weighted by Gasteiger charge is -2.20. The van der Waals surface area contributed by atoms with Gasteiger partial charge in [-0.1, -0.05) is 19.1 Å². The van der Waals surface area contributed by atoms with Crippen molar-refractivity contribution in [2.45, 2.75) is 51.0 Å². The standard InChI is InChI=1S/C14H21NO3S/c1-5-6-13(16)11-7-9-12(10-8-11)19(17,18)15-14(2,3)4/h7-10,15H,5-6H2,1-4H3. The van der Waals surface area contributed by atoms with E-state index < -0.39 is 15.6 Å². The van der Waals surface area contributed by atoms with E-state index in [0.29, 0.717) is 12.0 Å². The van der Waals surface area contributed by atoms with Gasteiger partial charge in [0, 0.05) is 17.5 Å². The van der Waals surface area contributed by atoms with Gasteiger partial charge in [-0.05, 0) is 39.3 Å². The first-order valence-corrected chi connectivity index (χ1v) is 7.81. The zero-order valence-electron chi connectivity index (χ0n) is 11.9. The Labute approximate surface area is 115 Å². The van der Waals surface area contributed by atoms with Crippen LogP contribution in [0.5, 0.6) is 0 Å². The van der Waals surface area contributed by atoms with Crippen LogP contribution in [0.2, 0.25) is 0 Å². The summed E-state index contributed by atoms with van der Waals surface area (Å²) in [4.78, 5) is 11.8. The van der Waals surface area contributed by atoms with Crippen LogP contribution in [-0.4, -0.2) is 19.7 Å². The van der Waals surface area contributed by atoms with Crippen LogP contribution in [0.25, 0.3) is 0 Å². The monoisotopic (exact) mass is 283 g/mol. The molecule has 0 heterocycles. The smallest absolute Gasteiger partial charge is 0.241 e. The average molecular weight is 283 g/mol. The van der Waals surface area contributed by atoms with Crippen molar-refractivity contribution in [3.8, 4) is 0 Å². The molecular formula is C14H21NO3S. The number of ketones is 1. The van der Waals surface area contributed by atoms with E-state index in [1.807, 2.05) is 6.92 Å². The molecule has 1 rings (SSSR count). The van der Waals surface area contributed by atoms with Gasteiger partial charge in [0.1, 0.15) is 0 Å². The number of nitrogens with one attached hydrogen (secondary N) is 1. The van der Waals surface area contributed by atoms with Gasteiger partial charge in [-0.2, -0.15) is 0 Å². The molecule has 0 amide bonds. The van der Waals surface area contributed by atoms with Gasteiger partial charge in [0.05, 0.1) is 4.90 Å². The molecule has 106 valence electrons. The van der Waals surface area contributed by atoms with Crippen LogP contribution in [-0.2, 0) is 10.0 Å². The van der Waals surface area contributed by atoms with E-state index in [1.54, 1.807) is 32.9 Å². The molecule has 1 N–H and O–H groups in total. The quantitative estimate of drug-likeness (QED) is 0.845. The van der Waals surface area contributed by atoms with E-state index in [4.69, 9.17) is 0 Å². The number of carbonyl (C=O) groups excluding carboxylic acids is 1. The van der Waals surface area contributed by atoms with E-state index in [0.717, 1.165) is 6.42 Å². The Bertz CT molecular complexity index is 539. The van der Waals surface area contributed by atoms with Crippen molar-refractivity contribution in [3.05, 3.63) is 29.8 Å². The van der Waals surface area contributed by atoms with Crippen LogP contribution in [0.4, 0.5) is 0 Å². The number of carbonyl (C=O) groups is 1.